The molecule has 17 heavy (non-hydrogen) atoms. The lowest BCUT2D eigenvalue weighted by atomic mass is 10.1. The number of nitrogens with two attached hydrogens (primary N) is 1. The van der Waals surface area contributed by atoms with Crippen molar-refractivity contribution in [1.29, 1.82) is 0 Å². The van der Waals surface area contributed by atoms with Crippen LogP contribution in [-0.2, 0) is 0 Å². The SMILES string of the molecule is COc1ncnc(NCCCC(C)CO)c1N. The van der Waals surface area contributed by atoms with Gasteiger partial charge >= 0.3 is 0 Å². The van der Waals surface area contributed by atoms with Crippen LogP contribution in [0.4, 0.5) is 11.5 Å². The lowest BCUT2D eigenvalue weighted by Gasteiger charge is -2.11. The molecule has 0 aliphatic heterocycles. The molecule has 0 bridgehead atoms. The summed E-state index contributed by atoms with van der Waals surface area (Å²) >= 11 is 0. The molecule has 1 rings (SSSR count). The minimum absolute atomic E-state index is 0.226. The van der Waals surface area contributed by atoms with Crippen LogP contribution in [0, 0.1) is 5.92 Å². The second kappa shape index (κ2) is 6.90. The van der Waals surface area contributed by atoms with Gasteiger partial charge < -0.3 is 20.9 Å². The number of aliphatic hydroxyl groups is 1. The van der Waals surface area contributed by atoms with Gasteiger partial charge in [0.15, 0.2) is 5.82 Å². The van der Waals surface area contributed by atoms with Crippen molar-refractivity contribution in [3.05, 3.63) is 6.33 Å². The number of hydrogen-bond donors (Lipinski definition) is 3. The summed E-state index contributed by atoms with van der Waals surface area (Å²) in [7, 11) is 1.52. The van der Waals surface area contributed by atoms with Crippen molar-refractivity contribution in [1.82, 2.24) is 9.97 Å². The van der Waals surface area contributed by atoms with Crippen molar-refractivity contribution in [3.63, 3.8) is 0 Å². The number of nitrogen functional groups attached to an aromatic ring is 1. The van der Waals surface area contributed by atoms with Crippen LogP contribution in [0.5, 0.6) is 5.88 Å². The molecule has 1 aromatic rings. The first-order valence-electron chi connectivity index (χ1n) is 5.68. The summed E-state index contributed by atoms with van der Waals surface area (Å²) in [6, 6.07) is 0. The van der Waals surface area contributed by atoms with Crippen molar-refractivity contribution in [2.45, 2.75) is 19.8 Å². The first-order valence-corrected chi connectivity index (χ1v) is 5.68. The van der Waals surface area contributed by atoms with Crippen LogP contribution in [0.15, 0.2) is 6.33 Å². The van der Waals surface area contributed by atoms with E-state index in [1.807, 2.05) is 6.92 Å². The third-order valence-electron chi connectivity index (χ3n) is 2.52. The topological polar surface area (TPSA) is 93.3 Å². The highest BCUT2D eigenvalue weighted by molar-refractivity contribution is 5.66. The molecule has 0 aromatic carbocycles. The number of hydrogen-bond acceptors (Lipinski definition) is 6. The van der Waals surface area contributed by atoms with Crippen molar-refractivity contribution in [2.24, 2.45) is 5.92 Å². The Morgan fingerprint density at radius 3 is 2.94 bits per heavy atom. The van der Waals surface area contributed by atoms with Crippen LogP contribution in [0.1, 0.15) is 19.8 Å². The van der Waals surface area contributed by atoms with Gasteiger partial charge in [0.2, 0.25) is 5.88 Å². The molecule has 96 valence electrons. The summed E-state index contributed by atoms with van der Waals surface area (Å²) in [4.78, 5) is 7.94. The fraction of sp³-hybridized carbons (Fsp3) is 0.636. The Bertz CT molecular complexity index is 346. The first kappa shape index (κ1) is 13.5. The molecule has 0 spiro atoms. The molecule has 0 radical (unpaired) electrons. The molecule has 0 saturated carbocycles. The van der Waals surface area contributed by atoms with Crippen LogP contribution >= 0.6 is 0 Å². The van der Waals surface area contributed by atoms with Crippen LogP contribution in [0.2, 0.25) is 0 Å². The fourth-order valence-corrected chi connectivity index (χ4v) is 1.43. The third-order valence-corrected chi connectivity index (χ3v) is 2.52. The number of ether oxygens (including phenoxy) is 1. The van der Waals surface area contributed by atoms with E-state index in [1.54, 1.807) is 0 Å². The van der Waals surface area contributed by atoms with Gasteiger partial charge in [-0.2, -0.15) is 4.98 Å². The van der Waals surface area contributed by atoms with Gasteiger partial charge in [-0.15, -0.1) is 0 Å². The zero-order valence-corrected chi connectivity index (χ0v) is 10.3. The smallest absolute Gasteiger partial charge is 0.242 e. The standard InChI is InChI=1S/C11H20N4O2/c1-8(6-16)4-3-5-13-10-9(12)11(17-2)15-7-14-10/h7-8,16H,3-6,12H2,1-2H3,(H,13,14,15). The Morgan fingerprint density at radius 1 is 1.53 bits per heavy atom. The average Bonchev–Trinajstić information content (AvgIpc) is 2.36. The van der Waals surface area contributed by atoms with Gasteiger partial charge in [0.1, 0.15) is 12.0 Å². The molecular weight excluding hydrogens is 220 g/mol. The first-order chi connectivity index (χ1) is 8.19. The van der Waals surface area contributed by atoms with E-state index in [1.165, 1.54) is 13.4 Å². The second-order valence-corrected chi connectivity index (χ2v) is 4.00. The maximum atomic E-state index is 8.89. The van der Waals surface area contributed by atoms with E-state index in [2.05, 4.69) is 15.3 Å². The van der Waals surface area contributed by atoms with Gasteiger partial charge in [0, 0.05) is 13.2 Å². The average molecular weight is 240 g/mol. The molecule has 0 fully saturated rings. The molecule has 1 atom stereocenters. The van der Waals surface area contributed by atoms with E-state index in [0.29, 0.717) is 23.3 Å². The van der Waals surface area contributed by atoms with Crippen molar-refractivity contribution >= 4 is 11.5 Å². The Balaban J connectivity index is 2.41. The van der Waals surface area contributed by atoms with Gasteiger partial charge in [-0.3, -0.25) is 0 Å². The van der Waals surface area contributed by atoms with Crippen LogP contribution in [0.25, 0.3) is 0 Å². The molecule has 0 aliphatic rings. The summed E-state index contributed by atoms with van der Waals surface area (Å²) in [5.41, 5.74) is 6.23. The highest BCUT2D eigenvalue weighted by Crippen LogP contribution is 2.23. The van der Waals surface area contributed by atoms with Crippen molar-refractivity contribution < 1.29 is 9.84 Å². The predicted octanol–water partition coefficient (Wildman–Crippen LogP) is 0.888. The summed E-state index contributed by atoms with van der Waals surface area (Å²) in [6.07, 6.45) is 3.33. The van der Waals surface area contributed by atoms with E-state index >= 15 is 0 Å². The molecule has 1 unspecified atom stereocenters. The predicted molar refractivity (Wildman–Crippen MR) is 67.0 cm³/mol. The van der Waals surface area contributed by atoms with Gasteiger partial charge in [-0.05, 0) is 18.8 Å². The molecule has 0 saturated heterocycles. The van der Waals surface area contributed by atoms with Gasteiger partial charge in [-0.25, -0.2) is 4.98 Å². The molecule has 1 heterocycles. The van der Waals surface area contributed by atoms with Gasteiger partial charge in [-0.1, -0.05) is 6.92 Å². The van der Waals surface area contributed by atoms with E-state index in [0.717, 1.165) is 19.4 Å². The molecule has 6 nitrogen and oxygen atoms in total. The van der Waals surface area contributed by atoms with Crippen LogP contribution < -0.4 is 15.8 Å². The molecular formula is C11H20N4O2. The van der Waals surface area contributed by atoms with E-state index < -0.39 is 0 Å². The zero-order valence-electron chi connectivity index (χ0n) is 10.3. The molecule has 1 aromatic heterocycles. The molecule has 0 aliphatic carbocycles. The fourth-order valence-electron chi connectivity index (χ4n) is 1.43. The number of nitrogens with one attached hydrogen (secondary N) is 1. The minimum Gasteiger partial charge on any atom is -0.479 e. The van der Waals surface area contributed by atoms with Crippen LogP contribution in [0.3, 0.4) is 0 Å². The largest absolute Gasteiger partial charge is 0.479 e. The van der Waals surface area contributed by atoms with Crippen molar-refractivity contribution in [2.75, 3.05) is 31.3 Å². The summed E-state index contributed by atoms with van der Waals surface area (Å²) in [5.74, 6) is 1.30. The molecule has 6 heteroatoms. The van der Waals surface area contributed by atoms with Gasteiger partial charge in [0.25, 0.3) is 0 Å². The normalized spacial score (nSPS) is 12.2. The highest BCUT2D eigenvalue weighted by atomic mass is 16.5. The van der Waals surface area contributed by atoms with E-state index in [4.69, 9.17) is 15.6 Å². The second-order valence-electron chi connectivity index (χ2n) is 4.00. The Morgan fingerprint density at radius 2 is 2.29 bits per heavy atom. The number of aliphatic hydroxyl groups excluding tert-OH is 1. The van der Waals surface area contributed by atoms with Crippen molar-refractivity contribution in [3.8, 4) is 5.88 Å². The molecule has 0 amide bonds. The highest BCUT2D eigenvalue weighted by Gasteiger charge is 2.07. The van der Waals surface area contributed by atoms with Gasteiger partial charge in [0.05, 0.1) is 7.11 Å². The summed E-state index contributed by atoms with van der Waals surface area (Å²) in [5, 5.41) is 12.0. The quantitative estimate of drug-likeness (QED) is 0.613. The lowest BCUT2D eigenvalue weighted by molar-refractivity contribution is 0.229. The number of aromatic nitrogens is 2. The summed E-state index contributed by atoms with van der Waals surface area (Å²) < 4.78 is 5.00. The van der Waals surface area contributed by atoms with Crippen LogP contribution in [-0.4, -0.2) is 35.3 Å². The number of anilines is 2. The number of methoxy groups -OCH3 is 1. The maximum Gasteiger partial charge on any atom is 0.242 e. The van der Waals surface area contributed by atoms with E-state index in [9.17, 15) is 0 Å². The monoisotopic (exact) mass is 240 g/mol. The minimum atomic E-state index is 0.226. The number of nitrogens with zero attached hydrogens (tertiary/aromatic N) is 2. The Hall–Kier alpha value is -1.56. The third kappa shape index (κ3) is 4.07. The lowest BCUT2D eigenvalue weighted by Crippen LogP contribution is -2.10. The zero-order chi connectivity index (χ0) is 12.7. The maximum absolute atomic E-state index is 8.89. The van der Waals surface area contributed by atoms with E-state index in [-0.39, 0.29) is 6.61 Å². The molecule has 4 N–H and O–H groups in total. The number of rotatable bonds is 7. The Kier molecular flexibility index (Phi) is 5.48. The summed E-state index contributed by atoms with van der Waals surface area (Å²) in [6.45, 7) is 3.00. The Labute approximate surface area is 101 Å².